The lowest BCUT2D eigenvalue weighted by molar-refractivity contribution is 0.102. The molecule has 0 bridgehead atoms. The number of benzene rings is 2. The summed E-state index contributed by atoms with van der Waals surface area (Å²) in [6, 6.07) is 9.66. The van der Waals surface area contributed by atoms with Gasteiger partial charge in [-0.1, -0.05) is 23.7 Å². The Kier molecular flexibility index (Phi) is 4.81. The monoisotopic (exact) mass is 306 g/mol. The molecule has 0 aliphatic heterocycles. The summed E-state index contributed by atoms with van der Waals surface area (Å²) in [6.45, 7) is 4.18. The number of hydrogen-bond acceptors (Lipinski definition) is 2. The molecule has 21 heavy (non-hydrogen) atoms. The highest BCUT2D eigenvalue weighted by Gasteiger charge is 2.15. The molecule has 3 nitrogen and oxygen atoms in total. The van der Waals surface area contributed by atoms with Gasteiger partial charge in [-0.05, 0) is 43.7 Å². The zero-order valence-electron chi connectivity index (χ0n) is 11.8. The SMILES string of the molecule is CCNc1c(F)cccc1C(=O)Nc1cccc(Cl)c1C. The van der Waals surface area contributed by atoms with E-state index >= 15 is 0 Å². The third-order valence-corrected chi connectivity index (χ3v) is 3.54. The Labute approximate surface area is 128 Å². The summed E-state index contributed by atoms with van der Waals surface area (Å²) in [6.07, 6.45) is 0. The average Bonchev–Trinajstić information content (AvgIpc) is 2.46. The fraction of sp³-hybridized carbons (Fsp3) is 0.188. The maximum atomic E-state index is 13.8. The molecule has 2 N–H and O–H groups in total. The van der Waals surface area contributed by atoms with Gasteiger partial charge in [-0.2, -0.15) is 0 Å². The molecule has 0 saturated heterocycles. The third-order valence-electron chi connectivity index (χ3n) is 3.13. The van der Waals surface area contributed by atoms with Gasteiger partial charge in [0.05, 0.1) is 11.3 Å². The van der Waals surface area contributed by atoms with Crippen LogP contribution in [0.1, 0.15) is 22.8 Å². The smallest absolute Gasteiger partial charge is 0.257 e. The molecule has 2 aromatic rings. The minimum absolute atomic E-state index is 0.206. The molecule has 110 valence electrons. The predicted octanol–water partition coefficient (Wildman–Crippen LogP) is 4.47. The van der Waals surface area contributed by atoms with Crippen LogP contribution in [0.4, 0.5) is 15.8 Å². The van der Waals surface area contributed by atoms with E-state index in [0.717, 1.165) is 5.56 Å². The lowest BCUT2D eigenvalue weighted by Crippen LogP contribution is -2.16. The molecule has 5 heteroatoms. The summed E-state index contributed by atoms with van der Waals surface area (Å²) in [5.74, 6) is -0.830. The van der Waals surface area contributed by atoms with Gasteiger partial charge in [0, 0.05) is 17.3 Å². The molecule has 0 radical (unpaired) electrons. The van der Waals surface area contributed by atoms with Crippen LogP contribution in [0.15, 0.2) is 36.4 Å². The van der Waals surface area contributed by atoms with Crippen molar-refractivity contribution in [2.24, 2.45) is 0 Å². The molecule has 0 spiro atoms. The molecule has 2 aromatic carbocycles. The van der Waals surface area contributed by atoms with Crippen molar-refractivity contribution in [3.63, 3.8) is 0 Å². The summed E-state index contributed by atoms with van der Waals surface area (Å²) in [5, 5.41) is 6.21. The number of carbonyl (C=O) groups is 1. The Hall–Kier alpha value is -2.07. The van der Waals surface area contributed by atoms with E-state index in [0.29, 0.717) is 17.3 Å². The summed E-state index contributed by atoms with van der Waals surface area (Å²) < 4.78 is 13.8. The van der Waals surface area contributed by atoms with Crippen LogP contribution in [-0.4, -0.2) is 12.5 Å². The first kappa shape index (κ1) is 15.3. The van der Waals surface area contributed by atoms with Crippen LogP contribution < -0.4 is 10.6 Å². The first-order chi connectivity index (χ1) is 10.0. The van der Waals surface area contributed by atoms with E-state index in [2.05, 4.69) is 10.6 Å². The van der Waals surface area contributed by atoms with Gasteiger partial charge in [0.15, 0.2) is 0 Å². The predicted molar refractivity (Wildman–Crippen MR) is 84.7 cm³/mol. The van der Waals surface area contributed by atoms with Crippen LogP contribution in [0.25, 0.3) is 0 Å². The first-order valence-electron chi connectivity index (χ1n) is 6.63. The summed E-state index contributed by atoms with van der Waals surface area (Å²) in [7, 11) is 0. The van der Waals surface area contributed by atoms with Gasteiger partial charge in [0.1, 0.15) is 5.82 Å². The molecule has 0 aromatic heterocycles. The molecule has 0 atom stereocenters. The number of hydrogen-bond donors (Lipinski definition) is 2. The van der Waals surface area contributed by atoms with E-state index in [-0.39, 0.29) is 17.2 Å². The quantitative estimate of drug-likeness (QED) is 0.875. The highest BCUT2D eigenvalue weighted by atomic mass is 35.5. The van der Waals surface area contributed by atoms with Crippen LogP contribution in [-0.2, 0) is 0 Å². The largest absolute Gasteiger partial charge is 0.382 e. The molecular weight excluding hydrogens is 291 g/mol. The number of carbonyl (C=O) groups excluding carboxylic acids is 1. The molecule has 1 amide bonds. The van der Waals surface area contributed by atoms with Crippen molar-refractivity contribution in [1.82, 2.24) is 0 Å². The van der Waals surface area contributed by atoms with Gasteiger partial charge in [-0.15, -0.1) is 0 Å². The van der Waals surface area contributed by atoms with Crippen molar-refractivity contribution in [1.29, 1.82) is 0 Å². The van der Waals surface area contributed by atoms with Gasteiger partial charge < -0.3 is 10.6 Å². The second kappa shape index (κ2) is 6.59. The van der Waals surface area contributed by atoms with E-state index in [1.807, 2.05) is 13.8 Å². The van der Waals surface area contributed by atoms with Crippen molar-refractivity contribution >= 4 is 28.9 Å². The summed E-state index contributed by atoms with van der Waals surface area (Å²) in [5.41, 5.74) is 1.85. The van der Waals surface area contributed by atoms with Gasteiger partial charge in [-0.3, -0.25) is 4.79 Å². The van der Waals surface area contributed by atoms with Gasteiger partial charge in [-0.25, -0.2) is 4.39 Å². The Morgan fingerprint density at radius 2 is 1.95 bits per heavy atom. The Morgan fingerprint density at radius 3 is 2.67 bits per heavy atom. The number of rotatable bonds is 4. The highest BCUT2D eigenvalue weighted by molar-refractivity contribution is 6.31. The Bertz CT molecular complexity index is 673. The van der Waals surface area contributed by atoms with Crippen LogP contribution in [0.5, 0.6) is 0 Å². The van der Waals surface area contributed by atoms with Crippen LogP contribution in [0.3, 0.4) is 0 Å². The number of halogens is 2. The highest BCUT2D eigenvalue weighted by Crippen LogP contribution is 2.25. The van der Waals surface area contributed by atoms with Crippen molar-refractivity contribution in [2.75, 3.05) is 17.2 Å². The summed E-state index contributed by atoms with van der Waals surface area (Å²) in [4.78, 5) is 12.4. The molecule has 0 heterocycles. The second-order valence-electron chi connectivity index (χ2n) is 4.56. The van der Waals surface area contributed by atoms with E-state index in [1.165, 1.54) is 12.1 Å². The van der Waals surface area contributed by atoms with Crippen LogP contribution in [0, 0.1) is 12.7 Å². The van der Waals surface area contributed by atoms with Crippen molar-refractivity contribution < 1.29 is 9.18 Å². The number of amides is 1. The van der Waals surface area contributed by atoms with Crippen molar-refractivity contribution in [3.05, 3.63) is 58.4 Å². The van der Waals surface area contributed by atoms with E-state index in [4.69, 9.17) is 11.6 Å². The van der Waals surface area contributed by atoms with Gasteiger partial charge >= 0.3 is 0 Å². The Balaban J connectivity index is 2.33. The van der Waals surface area contributed by atoms with Crippen LogP contribution in [0.2, 0.25) is 5.02 Å². The second-order valence-corrected chi connectivity index (χ2v) is 4.97. The van der Waals surface area contributed by atoms with E-state index in [9.17, 15) is 9.18 Å². The lowest BCUT2D eigenvalue weighted by atomic mass is 10.1. The van der Waals surface area contributed by atoms with Crippen molar-refractivity contribution in [3.8, 4) is 0 Å². The molecule has 0 fully saturated rings. The molecular formula is C16H16ClFN2O. The Morgan fingerprint density at radius 1 is 1.24 bits per heavy atom. The molecule has 0 unspecified atom stereocenters. The minimum Gasteiger partial charge on any atom is -0.382 e. The number of anilines is 2. The number of nitrogens with one attached hydrogen (secondary N) is 2. The standard InChI is InChI=1S/C16H16ClFN2O/c1-3-19-15-11(6-4-8-13(15)18)16(21)20-14-9-5-7-12(17)10(14)2/h4-9,19H,3H2,1-2H3,(H,20,21). The average molecular weight is 307 g/mol. The normalized spacial score (nSPS) is 10.3. The zero-order valence-corrected chi connectivity index (χ0v) is 12.6. The summed E-state index contributed by atoms with van der Waals surface area (Å²) >= 11 is 6.03. The molecule has 0 saturated carbocycles. The fourth-order valence-corrected chi connectivity index (χ4v) is 2.18. The molecule has 2 rings (SSSR count). The maximum Gasteiger partial charge on any atom is 0.257 e. The van der Waals surface area contributed by atoms with Gasteiger partial charge in [0.25, 0.3) is 5.91 Å². The zero-order chi connectivity index (χ0) is 15.4. The maximum absolute atomic E-state index is 13.8. The molecule has 0 aliphatic carbocycles. The van der Waals surface area contributed by atoms with Crippen molar-refractivity contribution in [2.45, 2.75) is 13.8 Å². The van der Waals surface area contributed by atoms with E-state index in [1.54, 1.807) is 24.3 Å². The van der Waals surface area contributed by atoms with E-state index < -0.39 is 5.82 Å². The minimum atomic E-state index is -0.452. The first-order valence-corrected chi connectivity index (χ1v) is 7.01. The van der Waals surface area contributed by atoms with Gasteiger partial charge in [0.2, 0.25) is 0 Å². The topological polar surface area (TPSA) is 41.1 Å². The lowest BCUT2D eigenvalue weighted by Gasteiger charge is -2.13. The molecule has 0 aliphatic rings. The number of para-hydroxylation sites is 1. The fourth-order valence-electron chi connectivity index (χ4n) is 2.00. The van der Waals surface area contributed by atoms with Crippen LogP contribution >= 0.6 is 11.6 Å². The third kappa shape index (κ3) is 3.34.